The quantitative estimate of drug-likeness (QED) is 0.806. The zero-order valence-electron chi connectivity index (χ0n) is 11.3. The molecule has 0 aromatic heterocycles. The molecule has 0 saturated carbocycles. The first-order valence-corrected chi connectivity index (χ1v) is 6.64. The second-order valence-electron chi connectivity index (χ2n) is 4.83. The number of aryl methyl sites for hydroxylation is 2. The first kappa shape index (κ1) is 13.9. The van der Waals surface area contributed by atoms with Crippen LogP contribution in [0.5, 0.6) is 0 Å². The van der Waals surface area contributed by atoms with Crippen LogP contribution in [0.3, 0.4) is 0 Å². The molecule has 1 atom stereocenters. The summed E-state index contributed by atoms with van der Waals surface area (Å²) in [5, 5.41) is 3.70. The second-order valence-corrected chi connectivity index (χ2v) is 5.24. The predicted octanol–water partition coefficient (Wildman–Crippen LogP) is 5.27. The highest BCUT2D eigenvalue weighted by molar-refractivity contribution is 6.33. The molecule has 0 bridgehead atoms. The molecule has 0 aliphatic carbocycles. The maximum Gasteiger partial charge on any atom is 0.124 e. The Morgan fingerprint density at radius 3 is 2.42 bits per heavy atom. The Balaban J connectivity index is 2.20. The van der Waals surface area contributed by atoms with Gasteiger partial charge < -0.3 is 5.32 Å². The second kappa shape index (κ2) is 5.62. The van der Waals surface area contributed by atoms with E-state index in [4.69, 9.17) is 11.6 Å². The van der Waals surface area contributed by atoms with Crippen molar-refractivity contribution in [2.24, 2.45) is 0 Å². The van der Waals surface area contributed by atoms with Crippen molar-refractivity contribution in [3.63, 3.8) is 0 Å². The van der Waals surface area contributed by atoms with Crippen molar-refractivity contribution >= 4 is 17.3 Å². The van der Waals surface area contributed by atoms with Crippen molar-refractivity contribution in [1.29, 1.82) is 0 Å². The van der Waals surface area contributed by atoms with E-state index in [2.05, 4.69) is 44.3 Å². The van der Waals surface area contributed by atoms with E-state index >= 15 is 0 Å². The van der Waals surface area contributed by atoms with E-state index in [0.717, 1.165) is 5.69 Å². The van der Waals surface area contributed by atoms with Crippen molar-refractivity contribution in [3.8, 4) is 0 Å². The zero-order valence-corrected chi connectivity index (χ0v) is 12.1. The van der Waals surface area contributed by atoms with Crippen LogP contribution >= 0.6 is 11.6 Å². The summed E-state index contributed by atoms with van der Waals surface area (Å²) >= 11 is 6.02. The molecule has 0 aliphatic heterocycles. The molecule has 1 N–H and O–H groups in total. The van der Waals surface area contributed by atoms with Crippen LogP contribution in [-0.2, 0) is 0 Å². The molecule has 0 aliphatic rings. The molecule has 19 heavy (non-hydrogen) atoms. The van der Waals surface area contributed by atoms with E-state index in [-0.39, 0.29) is 11.9 Å². The van der Waals surface area contributed by atoms with Crippen LogP contribution in [0, 0.1) is 19.7 Å². The fourth-order valence-corrected chi connectivity index (χ4v) is 2.18. The van der Waals surface area contributed by atoms with Gasteiger partial charge in [-0.2, -0.15) is 0 Å². The molecule has 2 aromatic carbocycles. The molecule has 0 saturated heterocycles. The minimum Gasteiger partial charge on any atom is -0.377 e. The third kappa shape index (κ3) is 3.27. The Hall–Kier alpha value is -1.54. The van der Waals surface area contributed by atoms with E-state index in [1.807, 2.05) is 0 Å². The summed E-state index contributed by atoms with van der Waals surface area (Å²) in [5.74, 6) is -0.325. The average molecular weight is 278 g/mol. The van der Waals surface area contributed by atoms with Crippen molar-refractivity contribution in [2.75, 3.05) is 5.32 Å². The number of hydrogen-bond acceptors (Lipinski definition) is 1. The normalized spacial score (nSPS) is 12.3. The highest BCUT2D eigenvalue weighted by atomic mass is 35.5. The molecule has 0 spiro atoms. The lowest BCUT2D eigenvalue weighted by atomic mass is 10.0. The zero-order chi connectivity index (χ0) is 14.0. The summed E-state index contributed by atoms with van der Waals surface area (Å²) in [4.78, 5) is 0. The summed E-state index contributed by atoms with van der Waals surface area (Å²) in [7, 11) is 0. The Bertz CT molecular complexity index is 595. The van der Waals surface area contributed by atoms with Crippen LogP contribution < -0.4 is 5.32 Å². The van der Waals surface area contributed by atoms with Crippen LogP contribution in [-0.4, -0.2) is 0 Å². The van der Waals surface area contributed by atoms with Gasteiger partial charge in [0.15, 0.2) is 0 Å². The number of rotatable bonds is 3. The fraction of sp³-hybridized carbons (Fsp3) is 0.250. The number of anilines is 1. The first-order valence-electron chi connectivity index (χ1n) is 6.26. The van der Waals surface area contributed by atoms with Gasteiger partial charge in [0, 0.05) is 6.04 Å². The molecular weight excluding hydrogens is 261 g/mol. The lowest BCUT2D eigenvalue weighted by Gasteiger charge is -2.18. The lowest BCUT2D eigenvalue weighted by Crippen LogP contribution is -2.07. The molecule has 100 valence electrons. The minimum absolute atomic E-state index is 0.113. The first-order chi connectivity index (χ1) is 8.97. The van der Waals surface area contributed by atoms with Gasteiger partial charge >= 0.3 is 0 Å². The standard InChI is InChI=1S/C16H17ClFN/c1-10-4-5-13(8-11(10)2)12(3)19-16-7-6-14(18)9-15(16)17/h4-9,12,19H,1-3H3. The van der Waals surface area contributed by atoms with Crippen LogP contribution in [0.15, 0.2) is 36.4 Å². The summed E-state index contributed by atoms with van der Waals surface area (Å²) in [6.45, 7) is 6.24. The summed E-state index contributed by atoms with van der Waals surface area (Å²) < 4.78 is 13.0. The SMILES string of the molecule is Cc1ccc(C(C)Nc2ccc(F)cc2Cl)cc1C. The van der Waals surface area contributed by atoms with Gasteiger partial charge in [-0.25, -0.2) is 4.39 Å². The van der Waals surface area contributed by atoms with E-state index in [1.54, 1.807) is 6.07 Å². The van der Waals surface area contributed by atoms with E-state index in [1.165, 1.54) is 28.8 Å². The van der Waals surface area contributed by atoms with Gasteiger partial charge in [0.05, 0.1) is 10.7 Å². The fourth-order valence-electron chi connectivity index (χ4n) is 1.96. The Morgan fingerprint density at radius 2 is 1.79 bits per heavy atom. The van der Waals surface area contributed by atoms with Crippen LogP contribution in [0.1, 0.15) is 29.7 Å². The van der Waals surface area contributed by atoms with Crippen molar-refractivity contribution < 1.29 is 4.39 Å². The maximum absolute atomic E-state index is 13.0. The third-order valence-corrected chi connectivity index (χ3v) is 3.65. The van der Waals surface area contributed by atoms with E-state index in [9.17, 15) is 4.39 Å². The molecule has 2 aromatic rings. The Kier molecular flexibility index (Phi) is 4.11. The maximum atomic E-state index is 13.0. The van der Waals surface area contributed by atoms with Gasteiger partial charge in [0.25, 0.3) is 0 Å². The Morgan fingerprint density at radius 1 is 1.05 bits per heavy atom. The lowest BCUT2D eigenvalue weighted by molar-refractivity contribution is 0.628. The van der Waals surface area contributed by atoms with E-state index in [0.29, 0.717) is 5.02 Å². The predicted molar refractivity (Wildman–Crippen MR) is 79.4 cm³/mol. The van der Waals surface area contributed by atoms with Crippen LogP contribution in [0.4, 0.5) is 10.1 Å². The van der Waals surface area contributed by atoms with Crippen LogP contribution in [0.2, 0.25) is 5.02 Å². The van der Waals surface area contributed by atoms with Gasteiger partial charge in [-0.3, -0.25) is 0 Å². The summed E-state index contributed by atoms with van der Waals surface area (Å²) in [5.41, 5.74) is 4.46. The summed E-state index contributed by atoms with van der Waals surface area (Å²) in [6.07, 6.45) is 0. The number of benzene rings is 2. The summed E-state index contributed by atoms with van der Waals surface area (Å²) in [6, 6.07) is 10.9. The number of nitrogens with one attached hydrogen (secondary N) is 1. The molecule has 0 heterocycles. The van der Waals surface area contributed by atoms with Gasteiger partial charge in [-0.1, -0.05) is 29.8 Å². The number of halogens is 2. The third-order valence-electron chi connectivity index (χ3n) is 3.33. The Labute approximate surface area is 118 Å². The number of hydrogen-bond donors (Lipinski definition) is 1. The smallest absolute Gasteiger partial charge is 0.124 e. The molecule has 3 heteroatoms. The van der Waals surface area contributed by atoms with E-state index < -0.39 is 0 Å². The topological polar surface area (TPSA) is 12.0 Å². The average Bonchev–Trinajstić information content (AvgIpc) is 2.36. The molecule has 2 rings (SSSR count). The largest absolute Gasteiger partial charge is 0.377 e. The highest BCUT2D eigenvalue weighted by Gasteiger charge is 2.09. The molecular formula is C16H17ClFN. The molecule has 0 radical (unpaired) electrons. The molecule has 1 unspecified atom stereocenters. The van der Waals surface area contributed by atoms with Gasteiger partial charge in [-0.15, -0.1) is 0 Å². The van der Waals surface area contributed by atoms with Gasteiger partial charge in [-0.05, 0) is 55.7 Å². The van der Waals surface area contributed by atoms with Gasteiger partial charge in [0.2, 0.25) is 0 Å². The molecule has 1 nitrogen and oxygen atoms in total. The highest BCUT2D eigenvalue weighted by Crippen LogP contribution is 2.27. The molecule has 0 fully saturated rings. The van der Waals surface area contributed by atoms with Crippen molar-refractivity contribution in [3.05, 3.63) is 63.9 Å². The minimum atomic E-state index is -0.325. The molecule has 0 amide bonds. The van der Waals surface area contributed by atoms with Crippen molar-refractivity contribution in [2.45, 2.75) is 26.8 Å². The van der Waals surface area contributed by atoms with Crippen molar-refractivity contribution in [1.82, 2.24) is 0 Å². The van der Waals surface area contributed by atoms with Gasteiger partial charge in [0.1, 0.15) is 5.82 Å². The van der Waals surface area contributed by atoms with Crippen LogP contribution in [0.25, 0.3) is 0 Å². The monoisotopic (exact) mass is 277 g/mol.